The van der Waals surface area contributed by atoms with Crippen LogP contribution >= 0.6 is 11.6 Å². The number of aromatic nitrogens is 3. The second-order valence-corrected chi connectivity index (χ2v) is 4.87. The first-order valence-corrected chi connectivity index (χ1v) is 6.33. The van der Waals surface area contributed by atoms with Gasteiger partial charge in [0.05, 0.1) is 0 Å². The minimum atomic E-state index is -1.04. The molecule has 1 atom stereocenters. The highest BCUT2D eigenvalue weighted by Gasteiger charge is 2.26. The molecular weight excluding hydrogens is 280 g/mol. The second kappa shape index (κ2) is 4.64. The summed E-state index contributed by atoms with van der Waals surface area (Å²) in [6, 6.07) is 6.89. The van der Waals surface area contributed by atoms with Crippen LogP contribution in [0.4, 0.5) is 5.95 Å². The molecule has 2 heterocycles. The third-order valence-corrected chi connectivity index (χ3v) is 3.23. The van der Waals surface area contributed by atoms with E-state index in [1.54, 1.807) is 29.8 Å². The number of nitrogens with zero attached hydrogens (tertiary/aromatic N) is 3. The van der Waals surface area contributed by atoms with Crippen LogP contribution in [-0.2, 0) is 4.79 Å². The molecule has 2 N–H and O–H groups in total. The highest BCUT2D eigenvalue weighted by Crippen LogP contribution is 2.29. The average Bonchev–Trinajstić information content (AvgIpc) is 2.77. The van der Waals surface area contributed by atoms with Crippen LogP contribution in [-0.4, -0.2) is 25.8 Å². The Morgan fingerprint density at radius 3 is 3.00 bits per heavy atom. The van der Waals surface area contributed by atoms with Gasteiger partial charge in [-0.25, -0.2) is 9.48 Å². The number of anilines is 1. The molecule has 0 amide bonds. The zero-order valence-corrected chi connectivity index (χ0v) is 11.3. The van der Waals surface area contributed by atoms with Crippen molar-refractivity contribution in [2.45, 2.75) is 13.0 Å². The molecule has 0 fully saturated rings. The predicted octanol–water partition coefficient (Wildman–Crippen LogP) is 2.22. The Kier molecular flexibility index (Phi) is 2.94. The van der Waals surface area contributed by atoms with E-state index in [1.807, 2.05) is 12.1 Å². The Morgan fingerprint density at radius 1 is 1.50 bits per heavy atom. The molecule has 0 spiro atoms. The third kappa shape index (κ3) is 2.14. The zero-order valence-electron chi connectivity index (χ0n) is 10.5. The molecule has 1 aliphatic heterocycles. The Bertz CT molecular complexity index is 723. The van der Waals surface area contributed by atoms with Gasteiger partial charge in [0.25, 0.3) is 0 Å². The quantitative estimate of drug-likeness (QED) is 0.886. The highest BCUT2D eigenvalue weighted by atomic mass is 35.5. The van der Waals surface area contributed by atoms with E-state index in [9.17, 15) is 9.90 Å². The summed E-state index contributed by atoms with van der Waals surface area (Å²) in [5.74, 6) is -0.0594. The summed E-state index contributed by atoms with van der Waals surface area (Å²) in [5.41, 5.74) is 0.929. The van der Waals surface area contributed by atoms with Gasteiger partial charge in [-0.1, -0.05) is 23.7 Å². The number of hydrogen-bond acceptors (Lipinski definition) is 4. The van der Waals surface area contributed by atoms with Crippen LogP contribution < -0.4 is 5.32 Å². The number of carbonyl (C=O) groups is 1. The molecule has 3 rings (SSSR count). The van der Waals surface area contributed by atoms with Crippen molar-refractivity contribution in [2.75, 3.05) is 5.32 Å². The first-order chi connectivity index (χ1) is 9.54. The topological polar surface area (TPSA) is 80.0 Å². The summed E-state index contributed by atoms with van der Waals surface area (Å²) in [5, 5.41) is 16.8. The highest BCUT2D eigenvalue weighted by molar-refractivity contribution is 6.30. The molecule has 0 saturated carbocycles. The lowest BCUT2D eigenvalue weighted by Gasteiger charge is -2.22. The maximum absolute atomic E-state index is 11.2. The number of fused-ring (bicyclic) bond motifs is 1. The van der Waals surface area contributed by atoms with Crippen LogP contribution in [0.2, 0.25) is 5.02 Å². The normalized spacial score (nSPS) is 17.1. The van der Waals surface area contributed by atoms with Gasteiger partial charge >= 0.3 is 5.97 Å². The number of halogens is 1. The van der Waals surface area contributed by atoms with Crippen LogP contribution in [0.5, 0.6) is 0 Å². The molecule has 0 saturated heterocycles. The fourth-order valence-corrected chi connectivity index (χ4v) is 2.35. The molecule has 102 valence electrons. The fraction of sp³-hybridized carbons (Fsp3) is 0.154. The lowest BCUT2D eigenvalue weighted by atomic mass is 10.0. The van der Waals surface area contributed by atoms with E-state index in [1.165, 1.54) is 0 Å². The van der Waals surface area contributed by atoms with Crippen molar-refractivity contribution < 1.29 is 9.90 Å². The van der Waals surface area contributed by atoms with Gasteiger partial charge in [-0.05, 0) is 30.7 Å². The molecule has 1 aliphatic rings. The number of benzene rings is 1. The number of aliphatic carboxylic acids is 1. The minimum Gasteiger partial charge on any atom is -0.477 e. The van der Waals surface area contributed by atoms with E-state index in [2.05, 4.69) is 15.4 Å². The second-order valence-electron chi connectivity index (χ2n) is 4.44. The summed E-state index contributed by atoms with van der Waals surface area (Å²) in [7, 11) is 0. The monoisotopic (exact) mass is 290 g/mol. The fourth-order valence-electron chi connectivity index (χ4n) is 2.15. The summed E-state index contributed by atoms with van der Waals surface area (Å²) in [6.07, 6.45) is 1.59. The van der Waals surface area contributed by atoms with Crippen molar-refractivity contribution in [3.8, 4) is 0 Å². The number of hydrogen-bond donors (Lipinski definition) is 2. The van der Waals surface area contributed by atoms with Crippen molar-refractivity contribution in [3.05, 3.63) is 52.4 Å². The molecule has 1 aromatic heterocycles. The van der Waals surface area contributed by atoms with Crippen molar-refractivity contribution in [2.24, 2.45) is 0 Å². The van der Waals surface area contributed by atoms with Crippen LogP contribution in [0.25, 0.3) is 0 Å². The third-order valence-electron chi connectivity index (χ3n) is 2.99. The van der Waals surface area contributed by atoms with Gasteiger partial charge < -0.3 is 10.4 Å². The number of carboxylic acid groups (broad SMARTS) is 1. The number of rotatable bonds is 2. The molecule has 6 nitrogen and oxygen atoms in total. The smallest absolute Gasteiger partial charge is 0.352 e. The van der Waals surface area contributed by atoms with Crippen LogP contribution in [0.1, 0.15) is 17.4 Å². The van der Waals surface area contributed by atoms with Crippen molar-refractivity contribution in [1.82, 2.24) is 14.8 Å². The maximum atomic E-state index is 11.2. The molecule has 1 aromatic carbocycles. The van der Waals surface area contributed by atoms with E-state index in [0.29, 0.717) is 16.8 Å². The predicted molar refractivity (Wildman–Crippen MR) is 73.7 cm³/mol. The summed E-state index contributed by atoms with van der Waals surface area (Å²) >= 11 is 6.00. The zero-order chi connectivity index (χ0) is 14.3. The number of carboxylic acids is 1. The number of allylic oxidation sites excluding steroid dienone is 1. The summed E-state index contributed by atoms with van der Waals surface area (Å²) < 4.78 is 1.65. The first kappa shape index (κ1) is 12.7. The van der Waals surface area contributed by atoms with Gasteiger partial charge in [-0.2, -0.15) is 10.1 Å². The SMILES string of the molecule is Cc1nc2n(n1)C(c1cccc(Cl)c1)C=C(C(=O)O)N2. The van der Waals surface area contributed by atoms with Crippen LogP contribution in [0.15, 0.2) is 36.0 Å². The van der Waals surface area contributed by atoms with Crippen molar-refractivity contribution >= 4 is 23.5 Å². The minimum absolute atomic E-state index is 0.0786. The largest absolute Gasteiger partial charge is 0.477 e. The van der Waals surface area contributed by atoms with E-state index in [0.717, 1.165) is 5.56 Å². The van der Waals surface area contributed by atoms with Gasteiger partial charge in [-0.3, -0.25) is 0 Å². The molecule has 20 heavy (non-hydrogen) atoms. The molecule has 1 unspecified atom stereocenters. The van der Waals surface area contributed by atoms with E-state index in [-0.39, 0.29) is 11.7 Å². The van der Waals surface area contributed by atoms with E-state index < -0.39 is 5.97 Å². The number of nitrogens with one attached hydrogen (secondary N) is 1. The number of aryl methyl sites for hydroxylation is 1. The van der Waals surface area contributed by atoms with Gasteiger partial charge in [0.1, 0.15) is 17.6 Å². The van der Waals surface area contributed by atoms with Crippen molar-refractivity contribution in [3.63, 3.8) is 0 Å². The Labute approximate surface area is 119 Å². The lowest BCUT2D eigenvalue weighted by molar-refractivity contribution is -0.132. The van der Waals surface area contributed by atoms with Crippen LogP contribution in [0, 0.1) is 6.92 Å². The first-order valence-electron chi connectivity index (χ1n) is 5.95. The lowest BCUT2D eigenvalue weighted by Crippen LogP contribution is -2.24. The molecule has 2 aromatic rings. The summed E-state index contributed by atoms with van der Waals surface area (Å²) in [4.78, 5) is 15.4. The Balaban J connectivity index is 2.14. The molecule has 7 heteroatoms. The average molecular weight is 291 g/mol. The Hall–Kier alpha value is -2.34. The van der Waals surface area contributed by atoms with Gasteiger partial charge in [0.15, 0.2) is 0 Å². The van der Waals surface area contributed by atoms with E-state index in [4.69, 9.17) is 11.6 Å². The van der Waals surface area contributed by atoms with Crippen molar-refractivity contribution in [1.29, 1.82) is 0 Å². The van der Waals surface area contributed by atoms with Gasteiger partial charge in [-0.15, -0.1) is 0 Å². The summed E-state index contributed by atoms with van der Waals surface area (Å²) in [6.45, 7) is 1.75. The Morgan fingerprint density at radius 2 is 2.30 bits per heavy atom. The molecule has 0 aliphatic carbocycles. The molecule has 0 radical (unpaired) electrons. The van der Waals surface area contributed by atoms with Crippen LogP contribution in [0.3, 0.4) is 0 Å². The van der Waals surface area contributed by atoms with E-state index >= 15 is 0 Å². The molecule has 0 bridgehead atoms. The van der Waals surface area contributed by atoms with Gasteiger partial charge in [0, 0.05) is 5.02 Å². The van der Waals surface area contributed by atoms with Gasteiger partial charge in [0.2, 0.25) is 5.95 Å². The maximum Gasteiger partial charge on any atom is 0.352 e. The standard InChI is InChI=1S/C13H11ClN4O2/c1-7-15-13-16-10(12(19)20)6-11(18(13)17-7)8-3-2-4-9(14)5-8/h2-6,11H,1H3,(H,19,20)(H,15,16,17). The molecular formula is C13H11ClN4O2.